The van der Waals surface area contributed by atoms with Gasteiger partial charge in [-0.2, -0.15) is 0 Å². The minimum Gasteiger partial charge on any atom is -0.330 e. The van der Waals surface area contributed by atoms with Gasteiger partial charge >= 0.3 is 0 Å². The standard InChI is InChI=1S/C11H23N3/c1-11(8-12)4-6-14(9-11)10-3-2-5-13-7-10/h10,13H,2-9,12H2,1H3. The minimum absolute atomic E-state index is 0.386. The second-order valence-corrected chi connectivity index (χ2v) is 5.24. The van der Waals surface area contributed by atoms with Crippen molar-refractivity contribution in [2.75, 3.05) is 32.7 Å². The van der Waals surface area contributed by atoms with Crippen molar-refractivity contribution in [3.8, 4) is 0 Å². The number of piperidine rings is 1. The topological polar surface area (TPSA) is 41.3 Å². The first-order chi connectivity index (χ1) is 6.73. The first-order valence-electron chi connectivity index (χ1n) is 5.88. The molecular weight excluding hydrogens is 174 g/mol. The average Bonchev–Trinajstić information content (AvgIpc) is 2.63. The molecule has 3 heteroatoms. The van der Waals surface area contributed by atoms with Crippen LogP contribution < -0.4 is 11.1 Å². The lowest BCUT2D eigenvalue weighted by atomic mass is 9.90. The molecule has 2 unspecified atom stereocenters. The first kappa shape index (κ1) is 10.4. The van der Waals surface area contributed by atoms with E-state index in [1.165, 1.54) is 45.4 Å². The number of hydrogen-bond acceptors (Lipinski definition) is 3. The predicted octanol–water partition coefficient (Wildman–Crippen LogP) is 0.409. The quantitative estimate of drug-likeness (QED) is 0.674. The second-order valence-electron chi connectivity index (χ2n) is 5.24. The fourth-order valence-corrected chi connectivity index (χ4v) is 2.69. The van der Waals surface area contributed by atoms with E-state index in [0.29, 0.717) is 5.41 Å². The van der Waals surface area contributed by atoms with Gasteiger partial charge in [0.2, 0.25) is 0 Å². The Bertz CT molecular complexity index is 189. The van der Waals surface area contributed by atoms with E-state index in [4.69, 9.17) is 5.73 Å². The number of hydrogen-bond donors (Lipinski definition) is 2. The van der Waals surface area contributed by atoms with Crippen molar-refractivity contribution in [2.24, 2.45) is 11.1 Å². The zero-order valence-electron chi connectivity index (χ0n) is 9.26. The summed E-state index contributed by atoms with van der Waals surface area (Å²) in [6, 6.07) is 0.775. The van der Waals surface area contributed by atoms with Crippen LogP contribution in [0.4, 0.5) is 0 Å². The molecule has 2 saturated heterocycles. The SMILES string of the molecule is CC1(CN)CCN(C2CCCNC2)C1. The molecule has 0 saturated carbocycles. The molecule has 0 aromatic rings. The smallest absolute Gasteiger partial charge is 0.0221 e. The number of nitrogens with two attached hydrogens (primary N) is 1. The Morgan fingerprint density at radius 1 is 1.57 bits per heavy atom. The molecule has 2 atom stereocenters. The van der Waals surface area contributed by atoms with Gasteiger partial charge in [0.1, 0.15) is 0 Å². The van der Waals surface area contributed by atoms with Crippen LogP contribution in [0, 0.1) is 5.41 Å². The van der Waals surface area contributed by atoms with Gasteiger partial charge in [0.05, 0.1) is 0 Å². The number of nitrogens with one attached hydrogen (secondary N) is 1. The molecule has 2 aliphatic heterocycles. The van der Waals surface area contributed by atoms with E-state index < -0.39 is 0 Å². The Morgan fingerprint density at radius 3 is 3.00 bits per heavy atom. The lowest BCUT2D eigenvalue weighted by Crippen LogP contribution is -2.46. The van der Waals surface area contributed by atoms with Gasteiger partial charge in [-0.05, 0) is 44.3 Å². The molecule has 0 radical (unpaired) electrons. The molecule has 0 spiro atoms. The van der Waals surface area contributed by atoms with Gasteiger partial charge in [0, 0.05) is 19.1 Å². The Balaban J connectivity index is 1.88. The lowest BCUT2D eigenvalue weighted by Gasteiger charge is -2.32. The van der Waals surface area contributed by atoms with Crippen molar-refractivity contribution in [3.63, 3.8) is 0 Å². The zero-order valence-corrected chi connectivity index (χ0v) is 9.26. The van der Waals surface area contributed by atoms with Crippen LogP contribution in [0.15, 0.2) is 0 Å². The molecule has 0 aromatic heterocycles. The van der Waals surface area contributed by atoms with Crippen molar-refractivity contribution in [3.05, 3.63) is 0 Å². The highest BCUT2D eigenvalue weighted by atomic mass is 15.2. The van der Waals surface area contributed by atoms with Gasteiger partial charge in [0.15, 0.2) is 0 Å². The first-order valence-corrected chi connectivity index (χ1v) is 5.88. The van der Waals surface area contributed by atoms with Crippen molar-refractivity contribution >= 4 is 0 Å². The second kappa shape index (κ2) is 4.17. The molecular formula is C11H23N3. The van der Waals surface area contributed by atoms with E-state index in [1.807, 2.05) is 0 Å². The largest absolute Gasteiger partial charge is 0.330 e. The van der Waals surface area contributed by atoms with Crippen molar-refractivity contribution in [2.45, 2.75) is 32.2 Å². The Labute approximate surface area is 87.0 Å². The summed E-state index contributed by atoms with van der Waals surface area (Å²) in [5.74, 6) is 0. The molecule has 0 amide bonds. The molecule has 2 fully saturated rings. The van der Waals surface area contributed by atoms with Crippen molar-refractivity contribution in [1.29, 1.82) is 0 Å². The summed E-state index contributed by atoms with van der Waals surface area (Å²) < 4.78 is 0. The fraction of sp³-hybridized carbons (Fsp3) is 1.00. The Morgan fingerprint density at radius 2 is 2.43 bits per heavy atom. The molecule has 0 aromatic carbocycles. The van der Waals surface area contributed by atoms with Crippen LogP contribution in [-0.2, 0) is 0 Å². The summed E-state index contributed by atoms with van der Waals surface area (Å²) in [6.45, 7) is 8.00. The van der Waals surface area contributed by atoms with Crippen LogP contribution in [0.2, 0.25) is 0 Å². The molecule has 14 heavy (non-hydrogen) atoms. The molecule has 0 aliphatic carbocycles. The van der Waals surface area contributed by atoms with Crippen LogP contribution in [0.1, 0.15) is 26.2 Å². The Hall–Kier alpha value is -0.120. The van der Waals surface area contributed by atoms with E-state index in [2.05, 4.69) is 17.1 Å². The van der Waals surface area contributed by atoms with Gasteiger partial charge in [0.25, 0.3) is 0 Å². The van der Waals surface area contributed by atoms with Crippen LogP contribution in [0.5, 0.6) is 0 Å². The van der Waals surface area contributed by atoms with E-state index >= 15 is 0 Å². The van der Waals surface area contributed by atoms with Crippen LogP contribution in [-0.4, -0.2) is 43.7 Å². The number of likely N-dealkylation sites (tertiary alicyclic amines) is 1. The van der Waals surface area contributed by atoms with Gasteiger partial charge in [-0.3, -0.25) is 4.90 Å². The summed E-state index contributed by atoms with van der Waals surface area (Å²) in [5.41, 5.74) is 6.20. The summed E-state index contributed by atoms with van der Waals surface area (Å²) in [5, 5.41) is 3.48. The molecule has 82 valence electrons. The highest BCUT2D eigenvalue weighted by molar-refractivity contribution is 4.91. The normalized spacial score (nSPS) is 40.3. The average molecular weight is 197 g/mol. The maximum Gasteiger partial charge on any atom is 0.0221 e. The monoisotopic (exact) mass is 197 g/mol. The molecule has 0 bridgehead atoms. The Kier molecular flexibility index (Phi) is 3.10. The van der Waals surface area contributed by atoms with E-state index in [-0.39, 0.29) is 0 Å². The predicted molar refractivity (Wildman–Crippen MR) is 59.2 cm³/mol. The maximum atomic E-state index is 5.82. The fourth-order valence-electron chi connectivity index (χ4n) is 2.69. The third-order valence-electron chi connectivity index (χ3n) is 3.87. The zero-order chi connectivity index (χ0) is 10.0. The van der Waals surface area contributed by atoms with E-state index in [1.54, 1.807) is 0 Å². The number of nitrogens with zero attached hydrogens (tertiary/aromatic N) is 1. The van der Waals surface area contributed by atoms with Crippen LogP contribution in [0.25, 0.3) is 0 Å². The summed E-state index contributed by atoms with van der Waals surface area (Å²) >= 11 is 0. The molecule has 2 rings (SSSR count). The summed E-state index contributed by atoms with van der Waals surface area (Å²) in [7, 11) is 0. The lowest BCUT2D eigenvalue weighted by molar-refractivity contribution is 0.182. The highest BCUT2D eigenvalue weighted by Crippen LogP contribution is 2.30. The maximum absolute atomic E-state index is 5.82. The van der Waals surface area contributed by atoms with Gasteiger partial charge < -0.3 is 11.1 Å². The van der Waals surface area contributed by atoms with E-state index in [0.717, 1.165) is 12.6 Å². The molecule has 3 nitrogen and oxygen atoms in total. The molecule has 3 N–H and O–H groups in total. The third kappa shape index (κ3) is 2.10. The van der Waals surface area contributed by atoms with E-state index in [9.17, 15) is 0 Å². The summed E-state index contributed by atoms with van der Waals surface area (Å²) in [6.07, 6.45) is 3.98. The van der Waals surface area contributed by atoms with Crippen molar-refractivity contribution in [1.82, 2.24) is 10.2 Å². The van der Waals surface area contributed by atoms with Gasteiger partial charge in [-0.15, -0.1) is 0 Å². The van der Waals surface area contributed by atoms with Crippen LogP contribution >= 0.6 is 0 Å². The number of rotatable bonds is 2. The molecule has 2 aliphatic rings. The highest BCUT2D eigenvalue weighted by Gasteiger charge is 2.35. The van der Waals surface area contributed by atoms with Gasteiger partial charge in [-0.25, -0.2) is 0 Å². The van der Waals surface area contributed by atoms with Gasteiger partial charge in [-0.1, -0.05) is 6.92 Å². The van der Waals surface area contributed by atoms with Crippen LogP contribution in [0.3, 0.4) is 0 Å². The summed E-state index contributed by atoms with van der Waals surface area (Å²) in [4.78, 5) is 2.64. The van der Waals surface area contributed by atoms with Crippen molar-refractivity contribution < 1.29 is 0 Å². The molecule has 2 heterocycles. The third-order valence-corrected chi connectivity index (χ3v) is 3.87. The minimum atomic E-state index is 0.386.